The molecular weight excluding hydrogens is 252 g/mol. The van der Waals surface area contributed by atoms with Gasteiger partial charge in [0.25, 0.3) is 0 Å². The molecule has 0 aromatic heterocycles. The molecule has 2 aliphatic rings. The fraction of sp³-hybridized carbons (Fsp3) is 0.625. The lowest BCUT2D eigenvalue weighted by atomic mass is 9.80. The minimum absolute atomic E-state index is 0.305. The van der Waals surface area contributed by atoms with Crippen LogP contribution in [-0.4, -0.2) is 19.0 Å². The summed E-state index contributed by atoms with van der Waals surface area (Å²) in [6.45, 7) is 1.32. The monoisotopic (exact) mass is 272 g/mol. The Kier molecular flexibility index (Phi) is 5.35. The third-order valence-corrected chi connectivity index (χ3v) is 3.86. The summed E-state index contributed by atoms with van der Waals surface area (Å²) in [4.78, 5) is 0. The van der Waals surface area contributed by atoms with Crippen molar-refractivity contribution in [3.05, 3.63) is 23.8 Å². The topological polar surface area (TPSA) is 66.0 Å². The SMILES string of the molecule is N#CCC/C=C\CC1CC2(CC=C1CC#N)OCCO2. The molecule has 1 spiro atoms. The van der Waals surface area contributed by atoms with Crippen molar-refractivity contribution in [3.8, 4) is 12.1 Å². The van der Waals surface area contributed by atoms with Gasteiger partial charge in [0, 0.05) is 19.3 Å². The van der Waals surface area contributed by atoms with Crippen molar-refractivity contribution in [2.24, 2.45) is 5.92 Å². The third-order valence-electron chi connectivity index (χ3n) is 3.86. The molecule has 0 aromatic rings. The number of rotatable bonds is 5. The molecule has 0 aromatic carbocycles. The van der Waals surface area contributed by atoms with Gasteiger partial charge in [0.1, 0.15) is 0 Å². The summed E-state index contributed by atoms with van der Waals surface area (Å²) in [5.41, 5.74) is 1.20. The maximum atomic E-state index is 8.93. The van der Waals surface area contributed by atoms with Crippen molar-refractivity contribution in [1.29, 1.82) is 10.5 Å². The summed E-state index contributed by atoms with van der Waals surface area (Å²) >= 11 is 0. The zero-order valence-corrected chi connectivity index (χ0v) is 11.7. The van der Waals surface area contributed by atoms with Crippen molar-refractivity contribution >= 4 is 0 Å². The maximum absolute atomic E-state index is 8.93. The van der Waals surface area contributed by atoms with Crippen LogP contribution in [0.2, 0.25) is 0 Å². The van der Waals surface area contributed by atoms with Crippen LogP contribution in [-0.2, 0) is 9.47 Å². The Morgan fingerprint density at radius 1 is 1.25 bits per heavy atom. The predicted molar refractivity (Wildman–Crippen MR) is 74.3 cm³/mol. The number of ether oxygens (including phenoxy) is 2. The highest BCUT2D eigenvalue weighted by Crippen LogP contribution is 2.40. The molecule has 0 amide bonds. The highest BCUT2D eigenvalue weighted by atomic mass is 16.7. The van der Waals surface area contributed by atoms with Gasteiger partial charge in [-0.1, -0.05) is 23.8 Å². The lowest BCUT2D eigenvalue weighted by Crippen LogP contribution is -2.35. The average Bonchev–Trinajstić information content (AvgIpc) is 2.90. The van der Waals surface area contributed by atoms with Crippen LogP contribution in [0.25, 0.3) is 0 Å². The van der Waals surface area contributed by atoms with Crippen LogP contribution >= 0.6 is 0 Å². The van der Waals surface area contributed by atoms with E-state index in [0.29, 0.717) is 32.0 Å². The number of nitrogens with zero attached hydrogens (tertiary/aromatic N) is 2. The van der Waals surface area contributed by atoms with Gasteiger partial charge in [0.15, 0.2) is 5.79 Å². The normalized spacial score (nSPS) is 24.5. The van der Waals surface area contributed by atoms with E-state index in [0.717, 1.165) is 25.7 Å². The molecule has 1 aliphatic carbocycles. The third kappa shape index (κ3) is 3.70. The summed E-state index contributed by atoms with van der Waals surface area (Å²) in [7, 11) is 0. The predicted octanol–water partition coefficient (Wildman–Crippen LogP) is 3.23. The van der Waals surface area contributed by atoms with Gasteiger partial charge in [0.05, 0.1) is 31.8 Å². The molecule has 106 valence electrons. The Morgan fingerprint density at radius 3 is 2.75 bits per heavy atom. The molecule has 0 N–H and O–H groups in total. The van der Waals surface area contributed by atoms with E-state index in [-0.39, 0.29) is 0 Å². The van der Waals surface area contributed by atoms with Crippen molar-refractivity contribution in [2.45, 2.75) is 44.3 Å². The van der Waals surface area contributed by atoms with E-state index >= 15 is 0 Å². The molecule has 4 heteroatoms. The minimum atomic E-state index is -0.454. The van der Waals surface area contributed by atoms with Gasteiger partial charge in [-0.2, -0.15) is 10.5 Å². The summed E-state index contributed by atoms with van der Waals surface area (Å²) in [6, 6.07) is 4.37. The van der Waals surface area contributed by atoms with Crippen LogP contribution in [0, 0.1) is 28.6 Å². The lowest BCUT2D eigenvalue weighted by molar-refractivity contribution is -0.168. The second-order valence-corrected chi connectivity index (χ2v) is 5.23. The van der Waals surface area contributed by atoms with Crippen LogP contribution in [0.3, 0.4) is 0 Å². The minimum Gasteiger partial charge on any atom is -0.347 e. The Balaban J connectivity index is 1.97. The fourth-order valence-corrected chi connectivity index (χ4v) is 2.84. The van der Waals surface area contributed by atoms with Crippen LogP contribution in [0.15, 0.2) is 23.8 Å². The Bertz CT molecular complexity index is 462. The first-order chi connectivity index (χ1) is 9.79. The van der Waals surface area contributed by atoms with E-state index in [1.54, 1.807) is 0 Å². The summed E-state index contributed by atoms with van der Waals surface area (Å²) < 4.78 is 11.5. The maximum Gasteiger partial charge on any atom is 0.172 e. The van der Waals surface area contributed by atoms with Crippen molar-refractivity contribution < 1.29 is 9.47 Å². The molecule has 20 heavy (non-hydrogen) atoms. The van der Waals surface area contributed by atoms with Gasteiger partial charge in [-0.15, -0.1) is 0 Å². The standard InChI is InChI=1S/C16H20N2O2/c17-9-4-2-1-3-5-15-13-16(19-11-12-20-16)8-6-14(15)7-10-18/h1,3,6,15H,2,4-5,7-8,11-13H2/b3-1-. The first-order valence-electron chi connectivity index (χ1n) is 7.15. The molecule has 0 radical (unpaired) electrons. The molecule has 4 nitrogen and oxygen atoms in total. The van der Waals surface area contributed by atoms with E-state index in [4.69, 9.17) is 20.0 Å². The molecule has 2 rings (SSSR count). The quantitative estimate of drug-likeness (QED) is 0.569. The lowest BCUT2D eigenvalue weighted by Gasteiger charge is -2.35. The number of unbranched alkanes of at least 4 members (excludes halogenated alkanes) is 1. The zero-order chi connectivity index (χ0) is 14.3. The molecule has 1 atom stereocenters. The Labute approximate surface area is 120 Å². The highest BCUT2D eigenvalue weighted by Gasteiger charge is 2.41. The van der Waals surface area contributed by atoms with Crippen molar-refractivity contribution in [2.75, 3.05) is 13.2 Å². The Hall–Kier alpha value is -1.62. The number of nitriles is 2. The summed E-state index contributed by atoms with van der Waals surface area (Å²) in [5, 5.41) is 17.4. The number of allylic oxidation sites excluding steroid dienone is 3. The van der Waals surface area contributed by atoms with Crippen LogP contribution in [0.1, 0.15) is 38.5 Å². The van der Waals surface area contributed by atoms with Gasteiger partial charge >= 0.3 is 0 Å². The molecule has 0 saturated carbocycles. The van der Waals surface area contributed by atoms with Crippen LogP contribution < -0.4 is 0 Å². The molecule has 1 saturated heterocycles. The number of hydrogen-bond donors (Lipinski definition) is 0. The van der Waals surface area contributed by atoms with Crippen LogP contribution in [0.5, 0.6) is 0 Å². The van der Waals surface area contributed by atoms with E-state index in [1.165, 1.54) is 5.57 Å². The smallest absolute Gasteiger partial charge is 0.172 e. The first kappa shape index (κ1) is 14.8. The summed E-state index contributed by atoms with van der Waals surface area (Å²) in [6.07, 6.45) is 10.6. The van der Waals surface area contributed by atoms with Gasteiger partial charge < -0.3 is 9.47 Å². The van der Waals surface area contributed by atoms with Gasteiger partial charge in [-0.25, -0.2) is 0 Å². The molecule has 1 aliphatic heterocycles. The molecule has 0 bridgehead atoms. The van der Waals surface area contributed by atoms with E-state index in [2.05, 4.69) is 24.3 Å². The van der Waals surface area contributed by atoms with Gasteiger partial charge in [-0.3, -0.25) is 0 Å². The second kappa shape index (κ2) is 7.24. The largest absolute Gasteiger partial charge is 0.347 e. The number of hydrogen-bond acceptors (Lipinski definition) is 4. The Morgan fingerprint density at radius 2 is 2.05 bits per heavy atom. The summed E-state index contributed by atoms with van der Waals surface area (Å²) in [5.74, 6) is -0.149. The molecule has 1 unspecified atom stereocenters. The van der Waals surface area contributed by atoms with E-state index in [1.807, 2.05) is 6.08 Å². The van der Waals surface area contributed by atoms with E-state index < -0.39 is 5.79 Å². The van der Waals surface area contributed by atoms with E-state index in [9.17, 15) is 0 Å². The average molecular weight is 272 g/mol. The molecular formula is C16H20N2O2. The van der Waals surface area contributed by atoms with Crippen molar-refractivity contribution in [1.82, 2.24) is 0 Å². The second-order valence-electron chi connectivity index (χ2n) is 5.23. The van der Waals surface area contributed by atoms with Crippen molar-refractivity contribution in [3.63, 3.8) is 0 Å². The molecule has 1 heterocycles. The van der Waals surface area contributed by atoms with Gasteiger partial charge in [0.2, 0.25) is 0 Å². The zero-order valence-electron chi connectivity index (χ0n) is 11.7. The van der Waals surface area contributed by atoms with Gasteiger partial charge in [-0.05, 0) is 18.8 Å². The molecule has 1 fully saturated rings. The highest BCUT2D eigenvalue weighted by molar-refractivity contribution is 5.18. The van der Waals surface area contributed by atoms with Crippen LogP contribution in [0.4, 0.5) is 0 Å². The fourth-order valence-electron chi connectivity index (χ4n) is 2.84. The first-order valence-corrected chi connectivity index (χ1v) is 7.15.